The molecular formula is C21H15F3N4O2. The first-order valence-corrected chi connectivity index (χ1v) is 8.97. The van der Waals surface area contributed by atoms with E-state index in [9.17, 15) is 22.8 Å². The van der Waals surface area contributed by atoms with Gasteiger partial charge in [0.25, 0.3) is 11.3 Å². The number of hydrogen-bond acceptors (Lipinski definition) is 4. The van der Waals surface area contributed by atoms with Crippen LogP contribution in [0.5, 0.6) is 0 Å². The summed E-state index contributed by atoms with van der Waals surface area (Å²) in [5.41, 5.74) is -0.375. The van der Waals surface area contributed by atoms with Crippen molar-refractivity contribution in [2.24, 2.45) is 0 Å². The lowest BCUT2D eigenvalue weighted by Gasteiger charge is -2.15. The van der Waals surface area contributed by atoms with Gasteiger partial charge in [0.1, 0.15) is 5.69 Å². The molecule has 0 N–H and O–H groups in total. The molecule has 0 atom stereocenters. The number of rotatable bonds is 4. The van der Waals surface area contributed by atoms with Gasteiger partial charge in [0.05, 0.1) is 29.5 Å². The van der Waals surface area contributed by atoms with Gasteiger partial charge in [-0.15, -0.1) is 5.10 Å². The first-order chi connectivity index (χ1) is 14.3. The average Bonchev–Trinajstić information content (AvgIpc) is 3.20. The van der Waals surface area contributed by atoms with E-state index in [1.54, 1.807) is 30.5 Å². The molecule has 152 valence electrons. The highest BCUT2D eigenvalue weighted by atomic mass is 19.4. The Labute approximate surface area is 168 Å². The second-order valence-electron chi connectivity index (χ2n) is 6.73. The van der Waals surface area contributed by atoms with Crippen LogP contribution in [0.1, 0.15) is 21.6 Å². The van der Waals surface area contributed by atoms with Gasteiger partial charge >= 0.3 is 6.18 Å². The monoisotopic (exact) mass is 412 g/mol. The van der Waals surface area contributed by atoms with Gasteiger partial charge in [-0.2, -0.15) is 13.2 Å². The third-order valence-corrected chi connectivity index (χ3v) is 4.80. The summed E-state index contributed by atoms with van der Waals surface area (Å²) in [4.78, 5) is 24.9. The van der Waals surface area contributed by atoms with Crippen molar-refractivity contribution in [1.29, 1.82) is 0 Å². The summed E-state index contributed by atoms with van der Waals surface area (Å²) >= 11 is 0. The minimum absolute atomic E-state index is 0.00196. The Balaban J connectivity index is 1.86. The summed E-state index contributed by atoms with van der Waals surface area (Å²) in [6.07, 6.45) is -3.57. The summed E-state index contributed by atoms with van der Waals surface area (Å²) in [5, 5.41) is 8.43. The minimum Gasteiger partial charge on any atom is -0.301 e. The molecule has 2 aromatic heterocycles. The molecule has 0 bridgehead atoms. The normalized spacial score (nSPS) is 11.7. The molecule has 0 radical (unpaired) electrons. The van der Waals surface area contributed by atoms with E-state index >= 15 is 0 Å². The van der Waals surface area contributed by atoms with E-state index < -0.39 is 23.1 Å². The van der Waals surface area contributed by atoms with Crippen molar-refractivity contribution < 1.29 is 18.0 Å². The molecule has 0 unspecified atom stereocenters. The molecule has 2 heterocycles. The molecule has 6 nitrogen and oxygen atoms in total. The van der Waals surface area contributed by atoms with Crippen LogP contribution in [-0.2, 0) is 6.54 Å². The number of benzene rings is 2. The Morgan fingerprint density at radius 1 is 1.03 bits per heavy atom. The molecular weight excluding hydrogens is 397 g/mol. The zero-order valence-corrected chi connectivity index (χ0v) is 15.7. The maximum absolute atomic E-state index is 13.1. The third-order valence-electron chi connectivity index (χ3n) is 4.80. The number of pyridine rings is 1. The van der Waals surface area contributed by atoms with Crippen molar-refractivity contribution in [2.75, 3.05) is 0 Å². The van der Waals surface area contributed by atoms with Crippen LogP contribution >= 0.6 is 0 Å². The SMILES string of the molecule is Cc1c(C(=O)C(F)(F)F)c(=O)n(Cc2cn(-c3ccccc3)nn2)c2ccccc12. The van der Waals surface area contributed by atoms with Gasteiger partial charge in [-0.3, -0.25) is 9.59 Å². The number of carbonyl (C=O) groups excluding carboxylic acids is 1. The molecule has 2 aromatic carbocycles. The summed E-state index contributed by atoms with van der Waals surface area (Å²) in [6, 6.07) is 15.6. The number of alkyl halides is 3. The van der Waals surface area contributed by atoms with E-state index in [2.05, 4.69) is 10.3 Å². The van der Waals surface area contributed by atoms with E-state index in [4.69, 9.17) is 0 Å². The number of hydrogen-bond donors (Lipinski definition) is 0. The molecule has 0 aliphatic rings. The Hall–Kier alpha value is -3.75. The predicted octanol–water partition coefficient (Wildman–Crippen LogP) is 3.68. The summed E-state index contributed by atoms with van der Waals surface area (Å²) in [6.45, 7) is 1.21. The largest absolute Gasteiger partial charge is 0.455 e. The van der Waals surface area contributed by atoms with Gasteiger partial charge < -0.3 is 4.57 Å². The van der Waals surface area contributed by atoms with Crippen molar-refractivity contribution in [3.05, 3.63) is 88.0 Å². The molecule has 0 aliphatic heterocycles. The second-order valence-corrected chi connectivity index (χ2v) is 6.73. The molecule has 9 heteroatoms. The molecule has 0 saturated carbocycles. The lowest BCUT2D eigenvalue weighted by Crippen LogP contribution is -2.34. The van der Waals surface area contributed by atoms with Crippen LogP contribution in [0.3, 0.4) is 0 Å². The molecule has 0 fully saturated rings. The second kappa shape index (κ2) is 7.25. The van der Waals surface area contributed by atoms with Gasteiger partial charge in [-0.05, 0) is 30.7 Å². The van der Waals surface area contributed by atoms with E-state index in [0.717, 1.165) is 10.3 Å². The topological polar surface area (TPSA) is 69.8 Å². The number of Topliss-reactive ketones (excluding diaryl/α,β-unsaturated/α-hetero) is 1. The summed E-state index contributed by atoms with van der Waals surface area (Å²) in [5.74, 6) is -2.16. The van der Waals surface area contributed by atoms with Gasteiger partial charge in [0.15, 0.2) is 0 Å². The maximum Gasteiger partial charge on any atom is 0.455 e. The highest BCUT2D eigenvalue weighted by molar-refractivity contribution is 6.04. The number of aromatic nitrogens is 4. The number of fused-ring (bicyclic) bond motifs is 1. The Bertz CT molecular complexity index is 1310. The third kappa shape index (κ3) is 3.38. The fourth-order valence-corrected chi connectivity index (χ4v) is 3.37. The van der Waals surface area contributed by atoms with E-state index in [1.807, 2.05) is 30.3 Å². The number of para-hydroxylation sites is 2. The van der Waals surface area contributed by atoms with Crippen LogP contribution in [-0.4, -0.2) is 31.5 Å². The predicted molar refractivity (Wildman–Crippen MR) is 104 cm³/mol. The van der Waals surface area contributed by atoms with Crippen LogP contribution < -0.4 is 5.56 Å². The van der Waals surface area contributed by atoms with Crippen LogP contribution in [0.4, 0.5) is 13.2 Å². The standard InChI is InChI=1S/C21H15F3N4O2/c1-13-16-9-5-6-10-17(16)27(20(30)18(13)19(29)21(22,23)24)11-14-12-28(26-25-14)15-7-3-2-4-8-15/h2-10,12H,11H2,1H3. The highest BCUT2D eigenvalue weighted by Crippen LogP contribution is 2.26. The van der Waals surface area contributed by atoms with Crippen LogP contribution in [0.15, 0.2) is 65.6 Å². The van der Waals surface area contributed by atoms with Crippen molar-refractivity contribution in [3.8, 4) is 5.69 Å². The lowest BCUT2D eigenvalue weighted by atomic mass is 10.0. The molecule has 0 spiro atoms. The molecule has 30 heavy (non-hydrogen) atoms. The zero-order chi connectivity index (χ0) is 21.5. The van der Waals surface area contributed by atoms with Gasteiger partial charge in [-0.1, -0.05) is 41.6 Å². The van der Waals surface area contributed by atoms with Crippen molar-refractivity contribution in [3.63, 3.8) is 0 Å². The quantitative estimate of drug-likeness (QED) is 0.480. The molecule has 4 aromatic rings. The number of nitrogens with zero attached hydrogens (tertiary/aromatic N) is 4. The van der Waals surface area contributed by atoms with Crippen LogP contribution in [0.2, 0.25) is 0 Å². The average molecular weight is 412 g/mol. The minimum atomic E-state index is -5.15. The van der Waals surface area contributed by atoms with Gasteiger partial charge in [-0.25, -0.2) is 4.68 Å². The molecule has 0 amide bonds. The Morgan fingerprint density at radius 2 is 1.70 bits per heavy atom. The van der Waals surface area contributed by atoms with E-state index in [1.165, 1.54) is 11.6 Å². The Kier molecular flexibility index (Phi) is 4.73. The van der Waals surface area contributed by atoms with Crippen molar-refractivity contribution in [2.45, 2.75) is 19.6 Å². The summed E-state index contributed by atoms with van der Waals surface area (Å²) < 4.78 is 42.0. The molecule has 0 saturated heterocycles. The lowest BCUT2D eigenvalue weighted by molar-refractivity contribution is -0.0886. The van der Waals surface area contributed by atoms with Gasteiger partial charge in [0, 0.05) is 5.39 Å². The zero-order valence-electron chi connectivity index (χ0n) is 15.7. The van der Waals surface area contributed by atoms with Crippen LogP contribution in [0.25, 0.3) is 16.6 Å². The van der Waals surface area contributed by atoms with Gasteiger partial charge in [0.2, 0.25) is 0 Å². The fraction of sp³-hybridized carbons (Fsp3) is 0.143. The molecule has 4 rings (SSSR count). The summed E-state index contributed by atoms with van der Waals surface area (Å²) in [7, 11) is 0. The van der Waals surface area contributed by atoms with Crippen molar-refractivity contribution >= 4 is 16.7 Å². The molecule has 0 aliphatic carbocycles. The Morgan fingerprint density at radius 3 is 2.40 bits per heavy atom. The fourth-order valence-electron chi connectivity index (χ4n) is 3.37. The number of aryl methyl sites for hydroxylation is 1. The van der Waals surface area contributed by atoms with Crippen molar-refractivity contribution in [1.82, 2.24) is 19.6 Å². The van der Waals surface area contributed by atoms with E-state index in [-0.39, 0.29) is 12.1 Å². The first-order valence-electron chi connectivity index (χ1n) is 8.97. The van der Waals surface area contributed by atoms with Crippen LogP contribution in [0, 0.1) is 6.92 Å². The number of halogens is 3. The number of ketones is 1. The number of carbonyl (C=O) groups is 1. The first kappa shape index (κ1) is 19.6. The van der Waals surface area contributed by atoms with E-state index in [0.29, 0.717) is 16.6 Å². The maximum atomic E-state index is 13.1. The smallest absolute Gasteiger partial charge is 0.301 e. The highest BCUT2D eigenvalue weighted by Gasteiger charge is 2.42.